The van der Waals surface area contributed by atoms with Gasteiger partial charge in [-0.05, 0) is 39.2 Å². The Kier molecular flexibility index (Phi) is 6.45. The Bertz CT molecular complexity index is 830. The Morgan fingerprint density at radius 1 is 1.06 bits per heavy atom. The molecule has 0 radical (unpaired) electrons. The van der Waals surface area contributed by atoms with E-state index in [4.69, 9.17) is 4.74 Å². The first-order valence-electron chi connectivity index (χ1n) is 10.5. The second kappa shape index (κ2) is 8.51. The molecular weight excluding hydrogens is 435 g/mol. The van der Waals surface area contributed by atoms with E-state index in [0.717, 1.165) is 0 Å². The van der Waals surface area contributed by atoms with Gasteiger partial charge in [-0.2, -0.15) is 13.2 Å². The van der Waals surface area contributed by atoms with Crippen molar-refractivity contribution in [3.05, 3.63) is 35.9 Å². The average molecular weight is 462 g/mol. The number of alkyl halides is 5. The lowest BCUT2D eigenvalue weighted by Crippen LogP contribution is -2.61. The minimum absolute atomic E-state index is 0.00680. The van der Waals surface area contributed by atoms with Crippen molar-refractivity contribution in [1.82, 2.24) is 9.80 Å². The zero-order chi connectivity index (χ0) is 23.9. The van der Waals surface area contributed by atoms with Crippen LogP contribution in [0.4, 0.5) is 26.7 Å². The van der Waals surface area contributed by atoms with Gasteiger partial charge in [0, 0.05) is 31.5 Å². The van der Waals surface area contributed by atoms with Crippen LogP contribution in [0.2, 0.25) is 0 Å². The number of carbonyl (C=O) groups excluding carboxylic acids is 2. The Labute approximate surface area is 183 Å². The van der Waals surface area contributed by atoms with Gasteiger partial charge in [0.25, 0.3) is 5.92 Å². The van der Waals surface area contributed by atoms with Crippen LogP contribution in [0.5, 0.6) is 0 Å². The second-order valence-corrected chi connectivity index (χ2v) is 9.41. The second-order valence-electron chi connectivity index (χ2n) is 9.41. The molecule has 1 saturated heterocycles. The first-order valence-corrected chi connectivity index (χ1v) is 10.5. The summed E-state index contributed by atoms with van der Waals surface area (Å²) in [4.78, 5) is 27.0. The van der Waals surface area contributed by atoms with Crippen LogP contribution in [0.1, 0.15) is 58.1 Å². The van der Waals surface area contributed by atoms with Gasteiger partial charge >= 0.3 is 18.2 Å². The van der Waals surface area contributed by atoms with E-state index in [1.54, 1.807) is 51.1 Å². The number of ether oxygens (including phenoxy) is 1. The number of hydrogen-bond acceptors (Lipinski definition) is 3. The van der Waals surface area contributed by atoms with E-state index in [0.29, 0.717) is 10.5 Å². The summed E-state index contributed by atoms with van der Waals surface area (Å²) in [5.41, 5.74) is -0.105. The molecule has 32 heavy (non-hydrogen) atoms. The predicted molar refractivity (Wildman–Crippen MR) is 106 cm³/mol. The van der Waals surface area contributed by atoms with Gasteiger partial charge in [0.2, 0.25) is 0 Å². The molecule has 1 aromatic carbocycles. The fraction of sp³-hybridized carbons (Fsp3) is 0.636. The number of hydrogen-bond donors (Lipinski definition) is 0. The van der Waals surface area contributed by atoms with Crippen molar-refractivity contribution in [2.24, 2.45) is 0 Å². The number of benzene rings is 1. The summed E-state index contributed by atoms with van der Waals surface area (Å²) in [5, 5.41) is 0. The molecule has 2 aliphatic rings. The molecule has 1 aliphatic heterocycles. The molecule has 2 atom stereocenters. The fourth-order valence-electron chi connectivity index (χ4n) is 4.33. The Morgan fingerprint density at radius 2 is 1.66 bits per heavy atom. The molecular formula is C22H27F5N2O3. The summed E-state index contributed by atoms with van der Waals surface area (Å²) in [6.07, 6.45) is -7.35. The van der Waals surface area contributed by atoms with E-state index in [-0.39, 0.29) is 19.4 Å². The van der Waals surface area contributed by atoms with Crippen LogP contribution in [0.15, 0.2) is 30.3 Å². The maximum atomic E-state index is 13.5. The first kappa shape index (κ1) is 24.3. The Balaban J connectivity index is 1.89. The summed E-state index contributed by atoms with van der Waals surface area (Å²) < 4.78 is 72.3. The molecule has 1 aromatic rings. The molecule has 2 fully saturated rings. The number of halogens is 5. The van der Waals surface area contributed by atoms with Crippen molar-refractivity contribution < 1.29 is 36.3 Å². The predicted octanol–water partition coefficient (Wildman–Crippen LogP) is 5.32. The molecule has 0 unspecified atom stereocenters. The highest BCUT2D eigenvalue weighted by Crippen LogP contribution is 2.45. The minimum Gasteiger partial charge on any atom is -0.444 e. The number of nitrogens with zero attached hydrogens (tertiary/aromatic N) is 2. The largest absolute Gasteiger partial charge is 0.471 e. The third-order valence-electron chi connectivity index (χ3n) is 5.72. The first-order chi connectivity index (χ1) is 14.7. The van der Waals surface area contributed by atoms with E-state index >= 15 is 0 Å². The highest BCUT2D eigenvalue weighted by Gasteiger charge is 2.56. The van der Waals surface area contributed by atoms with Crippen molar-refractivity contribution >= 4 is 12.0 Å². The van der Waals surface area contributed by atoms with Gasteiger partial charge in [-0.3, -0.25) is 4.79 Å². The maximum absolute atomic E-state index is 13.5. The van der Waals surface area contributed by atoms with Crippen LogP contribution >= 0.6 is 0 Å². The summed E-state index contributed by atoms with van der Waals surface area (Å²) in [5.74, 6) is -5.19. The lowest BCUT2D eigenvalue weighted by molar-refractivity contribution is -0.204. The van der Waals surface area contributed by atoms with Crippen molar-refractivity contribution in [3.8, 4) is 0 Å². The standard InChI is InChI=1S/C22H27F5N2O3/c1-20(2,3)32-19(31)28-10-9-15(11-17(28)14-7-5-4-6-8-14)29(18(30)22(25,26)27)16-12-21(23,24)13-16/h4-8,15-17H,9-13H2,1-3H3/t15-,17+/m1/s1. The molecule has 3 rings (SSSR count). The van der Waals surface area contributed by atoms with E-state index in [1.807, 2.05) is 0 Å². The van der Waals surface area contributed by atoms with Crippen LogP contribution < -0.4 is 0 Å². The van der Waals surface area contributed by atoms with E-state index in [9.17, 15) is 31.5 Å². The molecule has 1 saturated carbocycles. The maximum Gasteiger partial charge on any atom is 0.471 e. The summed E-state index contributed by atoms with van der Waals surface area (Å²) in [7, 11) is 0. The zero-order valence-electron chi connectivity index (χ0n) is 18.2. The molecule has 10 heteroatoms. The monoisotopic (exact) mass is 462 g/mol. The van der Waals surface area contributed by atoms with E-state index < -0.39 is 60.7 Å². The van der Waals surface area contributed by atoms with Crippen LogP contribution in [0.3, 0.4) is 0 Å². The van der Waals surface area contributed by atoms with Gasteiger partial charge in [0.1, 0.15) is 5.60 Å². The smallest absolute Gasteiger partial charge is 0.444 e. The topological polar surface area (TPSA) is 49.9 Å². The molecule has 1 heterocycles. The van der Waals surface area contributed by atoms with Crippen molar-refractivity contribution in [3.63, 3.8) is 0 Å². The zero-order valence-corrected chi connectivity index (χ0v) is 18.2. The molecule has 178 valence electrons. The molecule has 0 N–H and O–H groups in total. The Morgan fingerprint density at radius 3 is 2.16 bits per heavy atom. The van der Waals surface area contributed by atoms with Crippen LogP contribution in [-0.4, -0.2) is 58.1 Å². The van der Waals surface area contributed by atoms with Crippen molar-refractivity contribution in [2.75, 3.05) is 6.54 Å². The third-order valence-corrected chi connectivity index (χ3v) is 5.72. The number of likely N-dealkylation sites (tertiary alicyclic amines) is 1. The number of carbonyl (C=O) groups is 2. The third kappa shape index (κ3) is 5.50. The molecule has 0 spiro atoms. The Hall–Kier alpha value is -2.39. The molecule has 0 bridgehead atoms. The molecule has 0 aromatic heterocycles. The SMILES string of the molecule is CC(C)(C)OC(=O)N1CC[C@@H](N(C(=O)C(F)(F)F)C2CC(F)(F)C2)C[C@H]1c1ccccc1. The lowest BCUT2D eigenvalue weighted by Gasteiger charge is -2.50. The van der Waals surface area contributed by atoms with Crippen LogP contribution in [0.25, 0.3) is 0 Å². The van der Waals surface area contributed by atoms with Gasteiger partial charge in [-0.15, -0.1) is 0 Å². The van der Waals surface area contributed by atoms with Gasteiger partial charge in [-0.25, -0.2) is 13.6 Å². The van der Waals surface area contributed by atoms with Crippen molar-refractivity contribution in [2.45, 2.75) is 82.3 Å². The molecule has 1 aliphatic carbocycles. The molecule has 2 amide bonds. The number of rotatable bonds is 3. The lowest BCUT2D eigenvalue weighted by atomic mass is 9.83. The van der Waals surface area contributed by atoms with Crippen molar-refractivity contribution in [1.29, 1.82) is 0 Å². The summed E-state index contributed by atoms with van der Waals surface area (Å²) >= 11 is 0. The molecule has 5 nitrogen and oxygen atoms in total. The highest BCUT2D eigenvalue weighted by molar-refractivity contribution is 5.82. The number of piperidine rings is 1. The summed E-state index contributed by atoms with van der Waals surface area (Å²) in [6.45, 7) is 5.14. The van der Waals surface area contributed by atoms with Crippen LogP contribution in [0, 0.1) is 0 Å². The number of amides is 2. The fourth-order valence-corrected chi connectivity index (χ4v) is 4.33. The average Bonchev–Trinajstić information content (AvgIpc) is 2.65. The van der Waals surface area contributed by atoms with E-state index in [1.165, 1.54) is 4.90 Å². The summed E-state index contributed by atoms with van der Waals surface area (Å²) in [6, 6.07) is 5.92. The normalized spacial score (nSPS) is 23.9. The highest BCUT2D eigenvalue weighted by atomic mass is 19.4. The quantitative estimate of drug-likeness (QED) is 0.572. The van der Waals surface area contributed by atoms with Gasteiger partial charge in [0.05, 0.1) is 6.04 Å². The van der Waals surface area contributed by atoms with Crippen LogP contribution in [-0.2, 0) is 9.53 Å². The van der Waals surface area contributed by atoms with Gasteiger partial charge < -0.3 is 14.5 Å². The van der Waals surface area contributed by atoms with Gasteiger partial charge in [0.15, 0.2) is 0 Å². The van der Waals surface area contributed by atoms with Gasteiger partial charge in [-0.1, -0.05) is 30.3 Å². The van der Waals surface area contributed by atoms with E-state index in [2.05, 4.69) is 0 Å². The minimum atomic E-state index is -5.17.